The lowest BCUT2D eigenvalue weighted by atomic mass is 9.77. The average Bonchev–Trinajstić information content (AvgIpc) is 2.43. The zero-order chi connectivity index (χ0) is 16.1. The molecule has 0 bridgehead atoms. The molecule has 0 spiro atoms. The molecule has 118 valence electrons. The number of rotatable bonds is 6. The van der Waals surface area contributed by atoms with Crippen LogP contribution in [-0.4, -0.2) is 32.6 Å². The quantitative estimate of drug-likeness (QED) is 0.819. The Morgan fingerprint density at radius 2 is 1.81 bits per heavy atom. The highest BCUT2D eigenvalue weighted by Crippen LogP contribution is 2.30. The Morgan fingerprint density at radius 3 is 2.24 bits per heavy atom. The number of alkyl halides is 3. The number of hydrogen-bond acceptors (Lipinski definition) is 4. The van der Waals surface area contributed by atoms with Gasteiger partial charge in [-0.05, 0) is 18.9 Å². The molecule has 1 rings (SSSR count). The van der Waals surface area contributed by atoms with E-state index >= 15 is 0 Å². The first kappa shape index (κ1) is 17.5. The molecule has 1 aromatic carbocycles. The minimum absolute atomic E-state index is 0.177. The smallest absolute Gasteiger partial charge is 0.468 e. The lowest BCUT2D eigenvalue weighted by molar-refractivity contribution is -0.325. The third-order valence-electron chi connectivity index (χ3n) is 3.32. The molecule has 7 heteroatoms. The third kappa shape index (κ3) is 4.44. The summed E-state index contributed by atoms with van der Waals surface area (Å²) >= 11 is 0. The molecule has 2 N–H and O–H groups in total. The van der Waals surface area contributed by atoms with Crippen molar-refractivity contribution in [3.05, 3.63) is 35.4 Å². The molecule has 0 saturated carbocycles. The highest BCUT2D eigenvalue weighted by atomic mass is 19.4. The molecule has 0 saturated heterocycles. The van der Waals surface area contributed by atoms with Gasteiger partial charge in [0.15, 0.2) is 0 Å². The largest absolute Gasteiger partial charge is 0.522 e. The van der Waals surface area contributed by atoms with Crippen LogP contribution in [0.1, 0.15) is 17.5 Å². The molecule has 1 aromatic rings. The maximum absolute atomic E-state index is 12.1. The Morgan fingerprint density at radius 1 is 1.24 bits per heavy atom. The van der Waals surface area contributed by atoms with E-state index in [1.54, 1.807) is 24.3 Å². The summed E-state index contributed by atoms with van der Waals surface area (Å²) in [6.45, 7) is 1.01. The maximum Gasteiger partial charge on any atom is 0.522 e. The van der Waals surface area contributed by atoms with Crippen molar-refractivity contribution in [1.82, 2.24) is 0 Å². The molecule has 4 nitrogen and oxygen atoms in total. The van der Waals surface area contributed by atoms with E-state index in [9.17, 15) is 18.0 Å². The lowest BCUT2D eigenvalue weighted by Crippen LogP contribution is -2.45. The first-order chi connectivity index (χ1) is 9.75. The number of ether oxygens (including phenoxy) is 2. The van der Waals surface area contributed by atoms with Gasteiger partial charge in [0.1, 0.15) is 5.41 Å². The van der Waals surface area contributed by atoms with Crippen LogP contribution in [-0.2, 0) is 19.7 Å². The molecule has 1 unspecified atom stereocenters. The fourth-order valence-electron chi connectivity index (χ4n) is 2.08. The summed E-state index contributed by atoms with van der Waals surface area (Å²) in [6, 6.07) is 6.83. The molecule has 0 aliphatic rings. The SMILES string of the molecule is COC(=O)C(CN)(CCOC(F)(F)F)c1ccc(C)cc1. The fraction of sp³-hybridized carbons (Fsp3) is 0.500. The van der Waals surface area contributed by atoms with Crippen LogP contribution in [0, 0.1) is 6.92 Å². The number of esters is 1. The fourth-order valence-corrected chi connectivity index (χ4v) is 2.08. The van der Waals surface area contributed by atoms with Crippen LogP contribution in [0.15, 0.2) is 24.3 Å². The Labute approximate surface area is 121 Å². The van der Waals surface area contributed by atoms with Crippen molar-refractivity contribution in [1.29, 1.82) is 0 Å². The van der Waals surface area contributed by atoms with E-state index in [1.807, 2.05) is 6.92 Å². The Hall–Kier alpha value is -1.60. The lowest BCUT2D eigenvalue weighted by Gasteiger charge is -2.30. The van der Waals surface area contributed by atoms with Crippen molar-refractivity contribution >= 4 is 5.97 Å². The predicted molar refractivity (Wildman–Crippen MR) is 70.6 cm³/mol. The van der Waals surface area contributed by atoms with Crippen molar-refractivity contribution in [2.45, 2.75) is 25.1 Å². The molecule has 0 radical (unpaired) electrons. The Balaban J connectivity index is 3.04. The summed E-state index contributed by atoms with van der Waals surface area (Å²) in [5.74, 6) is -0.681. The van der Waals surface area contributed by atoms with Gasteiger partial charge in [0.25, 0.3) is 0 Å². The number of benzene rings is 1. The first-order valence-electron chi connectivity index (χ1n) is 6.31. The zero-order valence-electron chi connectivity index (χ0n) is 11.9. The highest BCUT2D eigenvalue weighted by Gasteiger charge is 2.41. The van der Waals surface area contributed by atoms with E-state index in [4.69, 9.17) is 10.5 Å². The van der Waals surface area contributed by atoms with E-state index in [0.717, 1.165) is 5.56 Å². The van der Waals surface area contributed by atoms with Gasteiger partial charge in [0.2, 0.25) is 0 Å². The van der Waals surface area contributed by atoms with Crippen molar-refractivity contribution in [3.8, 4) is 0 Å². The summed E-state index contributed by atoms with van der Waals surface area (Å²) in [5, 5.41) is 0. The zero-order valence-corrected chi connectivity index (χ0v) is 11.9. The van der Waals surface area contributed by atoms with Gasteiger partial charge in [-0.25, -0.2) is 0 Å². The van der Waals surface area contributed by atoms with Gasteiger partial charge < -0.3 is 10.5 Å². The number of halogens is 3. The standard InChI is InChI=1S/C14H18F3NO3/c1-10-3-5-11(6-4-10)13(9-18,12(19)20-2)7-8-21-14(15,16)17/h3-6H,7-9,18H2,1-2H3. The van der Waals surface area contributed by atoms with Crippen molar-refractivity contribution < 1.29 is 27.4 Å². The second-order valence-electron chi connectivity index (χ2n) is 4.69. The van der Waals surface area contributed by atoms with Gasteiger partial charge in [0, 0.05) is 6.54 Å². The predicted octanol–water partition coefficient (Wildman–Crippen LogP) is 2.29. The van der Waals surface area contributed by atoms with Crippen LogP contribution in [0.25, 0.3) is 0 Å². The second-order valence-corrected chi connectivity index (χ2v) is 4.69. The van der Waals surface area contributed by atoms with E-state index in [1.165, 1.54) is 7.11 Å². The number of carbonyl (C=O) groups excluding carboxylic acids is 1. The Kier molecular flexibility index (Phi) is 5.74. The van der Waals surface area contributed by atoms with Crippen LogP contribution in [0.5, 0.6) is 0 Å². The number of carbonyl (C=O) groups is 1. The third-order valence-corrected chi connectivity index (χ3v) is 3.32. The summed E-state index contributed by atoms with van der Waals surface area (Å²) in [6.07, 6.45) is -4.97. The van der Waals surface area contributed by atoms with Gasteiger partial charge >= 0.3 is 12.3 Å². The van der Waals surface area contributed by atoms with E-state index in [-0.39, 0.29) is 13.0 Å². The highest BCUT2D eigenvalue weighted by molar-refractivity contribution is 5.83. The minimum atomic E-state index is -4.75. The second kappa shape index (κ2) is 6.91. The molecule has 0 aliphatic heterocycles. The van der Waals surface area contributed by atoms with Gasteiger partial charge in [-0.15, -0.1) is 13.2 Å². The van der Waals surface area contributed by atoms with Crippen LogP contribution >= 0.6 is 0 Å². The van der Waals surface area contributed by atoms with E-state index < -0.39 is 24.4 Å². The first-order valence-corrected chi connectivity index (χ1v) is 6.31. The van der Waals surface area contributed by atoms with Gasteiger partial charge in [0.05, 0.1) is 13.7 Å². The van der Waals surface area contributed by atoms with Crippen LogP contribution < -0.4 is 5.73 Å². The minimum Gasteiger partial charge on any atom is -0.468 e. The molecular formula is C14H18F3NO3. The van der Waals surface area contributed by atoms with Gasteiger partial charge in [-0.3, -0.25) is 9.53 Å². The monoisotopic (exact) mass is 305 g/mol. The molecule has 0 fully saturated rings. The van der Waals surface area contributed by atoms with Crippen LogP contribution in [0.3, 0.4) is 0 Å². The van der Waals surface area contributed by atoms with E-state index in [0.29, 0.717) is 5.56 Å². The van der Waals surface area contributed by atoms with Crippen LogP contribution in [0.2, 0.25) is 0 Å². The molecule has 0 aliphatic carbocycles. The molecule has 1 atom stereocenters. The van der Waals surface area contributed by atoms with Crippen molar-refractivity contribution in [3.63, 3.8) is 0 Å². The van der Waals surface area contributed by atoms with E-state index in [2.05, 4.69) is 4.74 Å². The topological polar surface area (TPSA) is 61.5 Å². The maximum atomic E-state index is 12.1. The van der Waals surface area contributed by atoms with Gasteiger partial charge in [-0.1, -0.05) is 29.8 Å². The number of aryl methyl sites for hydroxylation is 1. The number of methoxy groups -OCH3 is 1. The normalized spacial score (nSPS) is 14.6. The summed E-state index contributed by atoms with van der Waals surface area (Å²) in [7, 11) is 1.17. The van der Waals surface area contributed by atoms with Crippen molar-refractivity contribution in [2.24, 2.45) is 5.73 Å². The summed E-state index contributed by atoms with van der Waals surface area (Å²) in [4.78, 5) is 12.1. The summed E-state index contributed by atoms with van der Waals surface area (Å²) < 4.78 is 44.8. The average molecular weight is 305 g/mol. The summed E-state index contributed by atoms with van der Waals surface area (Å²) in [5.41, 5.74) is 5.78. The Bertz CT molecular complexity index is 473. The van der Waals surface area contributed by atoms with Crippen molar-refractivity contribution in [2.75, 3.05) is 20.3 Å². The molecule has 0 aromatic heterocycles. The molecule has 21 heavy (non-hydrogen) atoms. The molecule has 0 amide bonds. The number of nitrogens with two attached hydrogens (primary N) is 1. The number of hydrogen-bond donors (Lipinski definition) is 1. The molecular weight excluding hydrogens is 287 g/mol. The molecule has 0 heterocycles. The van der Waals surface area contributed by atoms with Crippen LogP contribution in [0.4, 0.5) is 13.2 Å². The van der Waals surface area contributed by atoms with Gasteiger partial charge in [-0.2, -0.15) is 0 Å².